The molecule has 10 heteroatoms. The molecule has 0 aromatic heterocycles. The number of piperazine rings is 1. The van der Waals surface area contributed by atoms with Gasteiger partial charge in [-0.15, -0.1) is 0 Å². The maximum Gasteiger partial charge on any atom is 0.417 e. The molecule has 0 spiro atoms. The molecule has 1 aliphatic rings. The third-order valence-corrected chi connectivity index (χ3v) is 6.11. The van der Waals surface area contributed by atoms with Crippen molar-refractivity contribution in [1.82, 2.24) is 15.1 Å². The third-order valence-electron chi connectivity index (χ3n) is 6.11. The lowest BCUT2D eigenvalue weighted by Gasteiger charge is -2.35. The van der Waals surface area contributed by atoms with Gasteiger partial charge in [0.25, 0.3) is 11.8 Å². The second kappa shape index (κ2) is 10.8. The van der Waals surface area contributed by atoms with Gasteiger partial charge in [-0.3, -0.25) is 14.4 Å². The second-order valence-electron chi connectivity index (χ2n) is 8.46. The number of carbonyl (C=O) groups excluding carboxylic acids is 3. The molecule has 3 amide bonds. The fourth-order valence-electron chi connectivity index (χ4n) is 4.11. The Hall–Kier alpha value is -4.21. The summed E-state index contributed by atoms with van der Waals surface area (Å²) in [5.74, 6) is -1.98. The monoisotopic (exact) mass is 513 g/mol. The highest BCUT2D eigenvalue weighted by Gasteiger charge is 2.36. The summed E-state index contributed by atoms with van der Waals surface area (Å²) in [6.07, 6.45) is -4.65. The molecule has 4 rings (SSSR count). The van der Waals surface area contributed by atoms with Crippen molar-refractivity contribution in [2.45, 2.75) is 6.18 Å². The predicted octanol–water partition coefficient (Wildman–Crippen LogP) is 4.23. The molecule has 1 aliphatic heterocycles. The lowest BCUT2D eigenvalue weighted by atomic mass is 10.0. The van der Waals surface area contributed by atoms with Crippen molar-refractivity contribution in [1.29, 1.82) is 0 Å². The Bertz CT molecular complexity index is 1300. The van der Waals surface area contributed by atoms with E-state index in [1.807, 2.05) is 0 Å². The quantitative estimate of drug-likeness (QED) is 0.520. The van der Waals surface area contributed by atoms with Crippen LogP contribution in [0.1, 0.15) is 26.3 Å². The van der Waals surface area contributed by atoms with Gasteiger partial charge in [-0.1, -0.05) is 42.5 Å². The van der Waals surface area contributed by atoms with Crippen molar-refractivity contribution in [3.8, 4) is 11.1 Å². The molecule has 3 aromatic carbocycles. The molecule has 0 bridgehead atoms. The largest absolute Gasteiger partial charge is 0.417 e. The number of amides is 3. The van der Waals surface area contributed by atoms with Gasteiger partial charge in [-0.2, -0.15) is 13.2 Å². The molecule has 1 fully saturated rings. The minimum Gasteiger partial charge on any atom is -0.343 e. The minimum absolute atomic E-state index is 0.0716. The number of alkyl halides is 3. The Balaban J connectivity index is 1.29. The molecule has 1 N–H and O–H groups in total. The van der Waals surface area contributed by atoms with E-state index in [1.165, 1.54) is 40.1 Å². The smallest absolute Gasteiger partial charge is 0.343 e. The summed E-state index contributed by atoms with van der Waals surface area (Å²) in [4.78, 5) is 40.4. The molecule has 1 saturated heterocycles. The van der Waals surface area contributed by atoms with Crippen LogP contribution in [0.3, 0.4) is 0 Å². The number of rotatable bonds is 5. The number of hydrogen-bond acceptors (Lipinski definition) is 3. The number of halogens is 4. The van der Waals surface area contributed by atoms with Crippen molar-refractivity contribution in [3.63, 3.8) is 0 Å². The number of nitrogens with one attached hydrogen (secondary N) is 1. The fraction of sp³-hybridized carbons (Fsp3) is 0.222. The molecule has 0 radical (unpaired) electrons. The van der Waals surface area contributed by atoms with Crippen LogP contribution >= 0.6 is 0 Å². The van der Waals surface area contributed by atoms with E-state index in [0.29, 0.717) is 16.7 Å². The van der Waals surface area contributed by atoms with Crippen LogP contribution in [0.15, 0.2) is 72.8 Å². The first-order chi connectivity index (χ1) is 17.6. The molecule has 3 aromatic rings. The molecular formula is C27H23F4N3O3. The van der Waals surface area contributed by atoms with Gasteiger partial charge in [-0.05, 0) is 35.9 Å². The van der Waals surface area contributed by atoms with E-state index in [2.05, 4.69) is 5.32 Å². The second-order valence-corrected chi connectivity index (χ2v) is 8.46. The number of carbonyl (C=O) groups is 3. The highest BCUT2D eigenvalue weighted by molar-refractivity contribution is 5.97. The zero-order chi connectivity index (χ0) is 26.6. The van der Waals surface area contributed by atoms with Crippen LogP contribution in [-0.2, 0) is 11.0 Å². The summed E-state index contributed by atoms with van der Waals surface area (Å²) in [6, 6.07) is 17.2. The summed E-state index contributed by atoms with van der Waals surface area (Å²) in [6.45, 7) is 0.126. The molecule has 37 heavy (non-hydrogen) atoms. The van der Waals surface area contributed by atoms with Crippen LogP contribution in [0.25, 0.3) is 11.1 Å². The van der Waals surface area contributed by atoms with Crippen LogP contribution in [0.2, 0.25) is 0 Å². The lowest BCUT2D eigenvalue weighted by molar-refractivity contribution is -0.138. The summed E-state index contributed by atoms with van der Waals surface area (Å²) >= 11 is 0. The Morgan fingerprint density at radius 1 is 0.784 bits per heavy atom. The summed E-state index contributed by atoms with van der Waals surface area (Å²) in [5.41, 5.74) is -0.113. The summed E-state index contributed by atoms with van der Waals surface area (Å²) in [5, 5.41) is 2.54. The molecule has 0 aliphatic carbocycles. The summed E-state index contributed by atoms with van der Waals surface area (Å²) in [7, 11) is 0. The van der Waals surface area contributed by atoms with E-state index in [4.69, 9.17) is 0 Å². The van der Waals surface area contributed by atoms with Gasteiger partial charge in [0.2, 0.25) is 5.91 Å². The van der Waals surface area contributed by atoms with Crippen LogP contribution in [-0.4, -0.2) is 60.2 Å². The van der Waals surface area contributed by atoms with Gasteiger partial charge in [0.05, 0.1) is 17.7 Å². The maximum absolute atomic E-state index is 14.0. The standard InChI is InChI=1S/C27H23F4N3O3/c28-23-8-4-2-5-20(23)18-9-11-19(12-10-18)25(36)32-17-24(35)33-13-15-34(16-14-33)26(37)21-6-1-3-7-22(21)27(29,30)31/h1-12H,13-17H2,(H,32,36). The first-order valence-electron chi connectivity index (χ1n) is 11.5. The summed E-state index contributed by atoms with van der Waals surface area (Å²) < 4.78 is 53.7. The molecule has 0 unspecified atom stereocenters. The molecule has 0 atom stereocenters. The van der Waals surface area contributed by atoms with Crippen molar-refractivity contribution in [2.24, 2.45) is 0 Å². The normalized spacial score (nSPS) is 13.8. The van der Waals surface area contributed by atoms with Gasteiger partial charge >= 0.3 is 6.18 Å². The van der Waals surface area contributed by atoms with Crippen molar-refractivity contribution in [3.05, 3.63) is 95.3 Å². The van der Waals surface area contributed by atoms with E-state index in [9.17, 15) is 31.9 Å². The highest BCUT2D eigenvalue weighted by atomic mass is 19.4. The van der Waals surface area contributed by atoms with Gasteiger partial charge < -0.3 is 15.1 Å². The topological polar surface area (TPSA) is 69.7 Å². The van der Waals surface area contributed by atoms with Crippen molar-refractivity contribution >= 4 is 17.7 Å². The van der Waals surface area contributed by atoms with Crippen LogP contribution in [0, 0.1) is 5.82 Å². The van der Waals surface area contributed by atoms with Crippen LogP contribution < -0.4 is 5.32 Å². The average molecular weight is 513 g/mol. The van der Waals surface area contributed by atoms with E-state index in [0.717, 1.165) is 12.1 Å². The predicted molar refractivity (Wildman–Crippen MR) is 128 cm³/mol. The molecule has 0 saturated carbocycles. The lowest BCUT2D eigenvalue weighted by Crippen LogP contribution is -2.52. The number of hydrogen-bond donors (Lipinski definition) is 1. The zero-order valence-electron chi connectivity index (χ0n) is 19.6. The van der Waals surface area contributed by atoms with Gasteiger partial charge in [0.15, 0.2) is 0 Å². The molecule has 192 valence electrons. The van der Waals surface area contributed by atoms with Crippen molar-refractivity contribution < 1.29 is 31.9 Å². The number of nitrogens with zero attached hydrogens (tertiary/aromatic N) is 2. The first-order valence-corrected chi connectivity index (χ1v) is 11.5. The maximum atomic E-state index is 14.0. The number of benzene rings is 3. The van der Waals surface area contributed by atoms with E-state index < -0.39 is 29.1 Å². The fourth-order valence-corrected chi connectivity index (χ4v) is 4.11. The molecular weight excluding hydrogens is 490 g/mol. The van der Waals surface area contributed by atoms with Gasteiger partial charge in [0, 0.05) is 37.3 Å². The van der Waals surface area contributed by atoms with E-state index in [-0.39, 0.29) is 44.4 Å². The van der Waals surface area contributed by atoms with Crippen LogP contribution in [0.5, 0.6) is 0 Å². The SMILES string of the molecule is O=C(NCC(=O)N1CCN(C(=O)c2ccccc2C(F)(F)F)CC1)c1ccc(-c2ccccc2F)cc1. The Labute approximate surface area is 210 Å². The Kier molecular flexibility index (Phi) is 7.56. The van der Waals surface area contributed by atoms with Crippen LogP contribution in [0.4, 0.5) is 17.6 Å². The highest BCUT2D eigenvalue weighted by Crippen LogP contribution is 2.32. The molecule has 6 nitrogen and oxygen atoms in total. The Morgan fingerprint density at radius 3 is 2.03 bits per heavy atom. The minimum atomic E-state index is -4.65. The first kappa shape index (κ1) is 25.9. The average Bonchev–Trinajstić information content (AvgIpc) is 2.91. The van der Waals surface area contributed by atoms with Gasteiger partial charge in [0.1, 0.15) is 5.82 Å². The van der Waals surface area contributed by atoms with E-state index >= 15 is 0 Å². The zero-order valence-corrected chi connectivity index (χ0v) is 19.6. The third kappa shape index (κ3) is 5.96. The van der Waals surface area contributed by atoms with Crippen molar-refractivity contribution in [2.75, 3.05) is 32.7 Å². The molecule has 1 heterocycles. The van der Waals surface area contributed by atoms with Gasteiger partial charge in [-0.25, -0.2) is 4.39 Å². The Morgan fingerprint density at radius 2 is 1.38 bits per heavy atom. The van der Waals surface area contributed by atoms with E-state index in [1.54, 1.807) is 30.3 Å².